The molecule has 3 aromatic rings. The molecule has 0 atom stereocenters. The maximum absolute atomic E-state index is 12.7. The Labute approximate surface area is 136 Å². The van der Waals surface area contributed by atoms with Gasteiger partial charge in [0.25, 0.3) is 10.0 Å². The highest BCUT2D eigenvalue weighted by atomic mass is 35.5. The lowest BCUT2D eigenvalue weighted by molar-refractivity contribution is 0.592. The summed E-state index contributed by atoms with van der Waals surface area (Å²) in [5.74, 6) is 0. The summed E-state index contributed by atoms with van der Waals surface area (Å²) in [5, 5.41) is 5.50. The summed E-state index contributed by atoms with van der Waals surface area (Å²) < 4.78 is 29.4. The van der Waals surface area contributed by atoms with Gasteiger partial charge in [-0.1, -0.05) is 29.0 Å². The first kappa shape index (κ1) is 15.3. The largest absolute Gasteiger partial charge is 0.281 e. The predicted octanol–water partition coefficient (Wildman–Crippen LogP) is 3.17. The number of fused-ring (bicyclic) bond motifs is 1. The highest BCUT2D eigenvalue weighted by Gasteiger charge is 2.26. The molecular formula is C13H13ClN4O2S2. The summed E-state index contributed by atoms with van der Waals surface area (Å²) in [5.41, 5.74) is 1.51. The topological polar surface area (TPSA) is 76.4 Å². The summed E-state index contributed by atoms with van der Waals surface area (Å²) in [6, 6.07) is 5.07. The van der Waals surface area contributed by atoms with Crippen molar-refractivity contribution in [3.05, 3.63) is 39.5 Å². The first-order valence-electron chi connectivity index (χ1n) is 6.40. The van der Waals surface area contributed by atoms with Crippen LogP contribution in [-0.2, 0) is 10.0 Å². The van der Waals surface area contributed by atoms with Crippen LogP contribution < -0.4 is 4.72 Å². The van der Waals surface area contributed by atoms with Crippen molar-refractivity contribution < 1.29 is 8.42 Å². The van der Waals surface area contributed by atoms with Gasteiger partial charge in [0.05, 0.1) is 11.4 Å². The number of halogens is 1. The Morgan fingerprint density at radius 1 is 1.27 bits per heavy atom. The number of benzene rings is 1. The molecule has 3 rings (SSSR count). The van der Waals surface area contributed by atoms with Gasteiger partial charge in [-0.05, 0) is 38.5 Å². The van der Waals surface area contributed by atoms with E-state index in [0.717, 1.165) is 5.01 Å². The fourth-order valence-electron chi connectivity index (χ4n) is 2.15. The molecule has 0 spiro atoms. The smallest absolute Gasteiger partial charge is 0.278 e. The van der Waals surface area contributed by atoms with Gasteiger partial charge in [-0.2, -0.15) is 18.0 Å². The lowest BCUT2D eigenvalue weighted by atomic mass is 10.2. The van der Waals surface area contributed by atoms with E-state index in [9.17, 15) is 8.42 Å². The molecule has 0 saturated heterocycles. The number of rotatable bonds is 3. The van der Waals surface area contributed by atoms with Crippen molar-refractivity contribution in [2.24, 2.45) is 0 Å². The van der Waals surface area contributed by atoms with Crippen LogP contribution in [0.4, 0.5) is 5.69 Å². The van der Waals surface area contributed by atoms with Crippen LogP contribution in [0.15, 0.2) is 23.2 Å². The zero-order valence-electron chi connectivity index (χ0n) is 12.1. The Hall–Kier alpha value is -1.64. The molecule has 1 N–H and O–H groups in total. The van der Waals surface area contributed by atoms with Gasteiger partial charge in [0.2, 0.25) is 9.99 Å². The van der Waals surface area contributed by atoms with Gasteiger partial charge in [-0.25, -0.2) is 4.98 Å². The van der Waals surface area contributed by atoms with Crippen LogP contribution in [0.25, 0.3) is 4.96 Å². The normalized spacial score (nSPS) is 12.0. The predicted molar refractivity (Wildman–Crippen MR) is 87.3 cm³/mol. The minimum atomic E-state index is -3.82. The van der Waals surface area contributed by atoms with Crippen LogP contribution in [-0.4, -0.2) is 23.0 Å². The second-order valence-corrected chi connectivity index (χ2v) is 8.00. The highest BCUT2D eigenvalue weighted by Crippen LogP contribution is 2.27. The molecule has 0 radical (unpaired) electrons. The minimum Gasteiger partial charge on any atom is -0.278 e. The van der Waals surface area contributed by atoms with Crippen molar-refractivity contribution in [2.45, 2.75) is 25.8 Å². The first-order valence-corrected chi connectivity index (χ1v) is 9.08. The average Bonchev–Trinajstić information content (AvgIpc) is 2.89. The Morgan fingerprint density at radius 3 is 2.73 bits per heavy atom. The Kier molecular flexibility index (Phi) is 3.62. The number of anilines is 1. The molecule has 9 heteroatoms. The van der Waals surface area contributed by atoms with Gasteiger partial charge in [0.1, 0.15) is 5.01 Å². The van der Waals surface area contributed by atoms with Crippen LogP contribution >= 0.6 is 22.9 Å². The molecule has 2 aromatic heterocycles. The van der Waals surface area contributed by atoms with Crippen molar-refractivity contribution in [3.63, 3.8) is 0 Å². The molecule has 1 aromatic carbocycles. The molecule has 22 heavy (non-hydrogen) atoms. The number of aryl methyl sites for hydroxylation is 2. The monoisotopic (exact) mass is 356 g/mol. The van der Waals surface area contributed by atoms with Crippen LogP contribution in [0, 0.1) is 20.8 Å². The lowest BCUT2D eigenvalue weighted by Crippen LogP contribution is -2.17. The summed E-state index contributed by atoms with van der Waals surface area (Å²) in [6.45, 7) is 5.21. The van der Waals surface area contributed by atoms with Crippen LogP contribution in [0.1, 0.15) is 16.3 Å². The van der Waals surface area contributed by atoms with E-state index in [-0.39, 0.29) is 5.03 Å². The zero-order chi connectivity index (χ0) is 16.1. The van der Waals surface area contributed by atoms with E-state index in [2.05, 4.69) is 14.8 Å². The number of aromatic nitrogens is 3. The zero-order valence-corrected chi connectivity index (χ0v) is 14.5. The Morgan fingerprint density at radius 2 is 2.00 bits per heavy atom. The standard InChI is InChI=1S/C13H13ClN4O2S2/c1-7-10(14)5-4-6-11(7)17-22(19,20)12-8(2)15-13-18(12)16-9(3)21-13/h4-6,17H,1-3H3. The van der Waals surface area contributed by atoms with Gasteiger partial charge < -0.3 is 0 Å². The molecule has 0 aliphatic carbocycles. The second-order valence-electron chi connectivity index (χ2n) is 4.84. The summed E-state index contributed by atoms with van der Waals surface area (Å²) in [7, 11) is -3.82. The molecule has 0 aliphatic rings. The molecule has 2 heterocycles. The highest BCUT2D eigenvalue weighted by molar-refractivity contribution is 7.92. The van der Waals surface area contributed by atoms with Crippen molar-refractivity contribution >= 4 is 43.6 Å². The number of hydrogen-bond acceptors (Lipinski definition) is 5. The van der Waals surface area contributed by atoms with Crippen molar-refractivity contribution in [1.82, 2.24) is 14.6 Å². The van der Waals surface area contributed by atoms with E-state index in [0.29, 0.717) is 26.9 Å². The third-order valence-corrected chi connectivity index (χ3v) is 5.89. The quantitative estimate of drug-likeness (QED) is 0.782. The molecule has 0 aliphatic heterocycles. The van der Waals surface area contributed by atoms with Crippen molar-refractivity contribution in [2.75, 3.05) is 4.72 Å². The Bertz CT molecular complexity index is 976. The molecule has 6 nitrogen and oxygen atoms in total. The molecule has 0 unspecified atom stereocenters. The molecule has 0 saturated carbocycles. The number of hydrogen-bond donors (Lipinski definition) is 1. The maximum atomic E-state index is 12.7. The SMILES string of the molecule is Cc1nn2c(S(=O)(=O)Nc3cccc(Cl)c3C)c(C)nc2s1. The van der Waals surface area contributed by atoms with Gasteiger partial charge in [-0.3, -0.25) is 4.72 Å². The number of nitrogens with one attached hydrogen (secondary N) is 1. The third kappa shape index (κ3) is 2.47. The van der Waals surface area contributed by atoms with E-state index >= 15 is 0 Å². The van der Waals surface area contributed by atoms with Crippen LogP contribution in [0.2, 0.25) is 5.02 Å². The maximum Gasteiger partial charge on any atom is 0.281 e. The molecular weight excluding hydrogens is 344 g/mol. The Balaban J connectivity index is 2.12. The van der Waals surface area contributed by atoms with Crippen LogP contribution in [0.3, 0.4) is 0 Å². The molecule has 116 valence electrons. The fourth-order valence-corrected chi connectivity index (χ4v) is 4.56. The lowest BCUT2D eigenvalue weighted by Gasteiger charge is -2.11. The number of imidazole rings is 1. The van der Waals surface area contributed by atoms with Crippen molar-refractivity contribution in [1.29, 1.82) is 0 Å². The summed E-state index contributed by atoms with van der Waals surface area (Å²) in [6.07, 6.45) is 0. The van der Waals surface area contributed by atoms with Gasteiger partial charge in [-0.15, -0.1) is 0 Å². The minimum absolute atomic E-state index is 0.0474. The first-order chi connectivity index (χ1) is 10.3. The van der Waals surface area contributed by atoms with E-state index in [1.807, 2.05) is 0 Å². The van der Waals surface area contributed by atoms with E-state index in [1.54, 1.807) is 39.0 Å². The molecule has 0 amide bonds. The van der Waals surface area contributed by atoms with Crippen molar-refractivity contribution in [3.8, 4) is 0 Å². The summed E-state index contributed by atoms with van der Waals surface area (Å²) in [4.78, 5) is 4.81. The fraction of sp³-hybridized carbons (Fsp3) is 0.231. The third-order valence-electron chi connectivity index (χ3n) is 3.19. The number of sulfonamides is 1. The van der Waals surface area contributed by atoms with Crippen LogP contribution in [0.5, 0.6) is 0 Å². The van der Waals surface area contributed by atoms with Gasteiger partial charge in [0, 0.05) is 5.02 Å². The van der Waals surface area contributed by atoms with E-state index in [4.69, 9.17) is 11.6 Å². The average molecular weight is 357 g/mol. The second kappa shape index (κ2) is 5.22. The van der Waals surface area contributed by atoms with Gasteiger partial charge >= 0.3 is 0 Å². The number of nitrogens with zero attached hydrogens (tertiary/aromatic N) is 3. The molecule has 0 fully saturated rings. The van der Waals surface area contributed by atoms with Gasteiger partial charge in [0.15, 0.2) is 0 Å². The molecule has 0 bridgehead atoms. The van der Waals surface area contributed by atoms with E-state index < -0.39 is 10.0 Å². The van der Waals surface area contributed by atoms with E-state index in [1.165, 1.54) is 15.9 Å². The summed E-state index contributed by atoms with van der Waals surface area (Å²) >= 11 is 7.38.